The lowest BCUT2D eigenvalue weighted by molar-refractivity contribution is 0.444. The van der Waals surface area contributed by atoms with E-state index in [-0.39, 0.29) is 0 Å². The monoisotopic (exact) mass is 205 g/mol. The second kappa shape index (κ2) is 4.62. The van der Waals surface area contributed by atoms with E-state index in [1.165, 1.54) is 18.4 Å². The van der Waals surface area contributed by atoms with Crippen molar-refractivity contribution in [3.63, 3.8) is 0 Å². The van der Waals surface area contributed by atoms with Gasteiger partial charge >= 0.3 is 0 Å². The molecule has 0 saturated carbocycles. The van der Waals surface area contributed by atoms with Gasteiger partial charge in [-0.25, -0.2) is 4.98 Å². The van der Waals surface area contributed by atoms with Crippen LogP contribution in [0.15, 0.2) is 18.3 Å². The fourth-order valence-electron chi connectivity index (χ4n) is 2.16. The highest BCUT2D eigenvalue weighted by Gasteiger charge is 2.17. The molecule has 2 N–H and O–H groups in total. The predicted molar refractivity (Wildman–Crippen MR) is 62.7 cm³/mol. The highest BCUT2D eigenvalue weighted by atomic mass is 15.2. The Balaban J connectivity index is 2.13. The molecule has 1 atom stereocenters. The van der Waals surface area contributed by atoms with Gasteiger partial charge in [-0.15, -0.1) is 0 Å². The zero-order chi connectivity index (χ0) is 10.7. The van der Waals surface area contributed by atoms with E-state index in [0.717, 1.165) is 24.8 Å². The first-order valence-electron chi connectivity index (χ1n) is 5.69. The molecule has 1 saturated heterocycles. The predicted octanol–water partition coefficient (Wildman–Crippen LogP) is 1.78. The average Bonchev–Trinajstić information content (AvgIpc) is 2.29. The maximum Gasteiger partial charge on any atom is 0.128 e. The van der Waals surface area contributed by atoms with Gasteiger partial charge in [-0.05, 0) is 36.5 Å². The lowest BCUT2D eigenvalue weighted by atomic mass is 10.0. The fraction of sp³-hybridized carbons (Fsp3) is 0.583. The van der Waals surface area contributed by atoms with E-state index in [0.29, 0.717) is 6.54 Å². The molecule has 1 fully saturated rings. The van der Waals surface area contributed by atoms with Crippen LogP contribution in [0.3, 0.4) is 0 Å². The van der Waals surface area contributed by atoms with Gasteiger partial charge in [0, 0.05) is 25.8 Å². The van der Waals surface area contributed by atoms with Gasteiger partial charge < -0.3 is 10.6 Å². The summed E-state index contributed by atoms with van der Waals surface area (Å²) in [4.78, 5) is 6.78. The van der Waals surface area contributed by atoms with Crippen LogP contribution in [-0.4, -0.2) is 18.1 Å². The molecule has 1 aliphatic rings. The summed E-state index contributed by atoms with van der Waals surface area (Å²) in [7, 11) is 0. The number of pyridine rings is 1. The second-order valence-electron chi connectivity index (χ2n) is 4.42. The Bertz CT molecular complexity index is 324. The van der Waals surface area contributed by atoms with Crippen molar-refractivity contribution in [3.8, 4) is 0 Å². The smallest absolute Gasteiger partial charge is 0.128 e. The minimum Gasteiger partial charge on any atom is -0.356 e. The first kappa shape index (κ1) is 10.4. The molecule has 82 valence electrons. The number of aromatic nitrogens is 1. The molecular formula is C12H19N3. The van der Waals surface area contributed by atoms with Gasteiger partial charge in [0.1, 0.15) is 5.82 Å². The van der Waals surface area contributed by atoms with Crippen molar-refractivity contribution in [1.82, 2.24) is 4.98 Å². The van der Waals surface area contributed by atoms with Crippen LogP contribution in [0.25, 0.3) is 0 Å². The van der Waals surface area contributed by atoms with E-state index >= 15 is 0 Å². The summed E-state index contributed by atoms with van der Waals surface area (Å²) in [6.45, 7) is 5.16. The number of piperidine rings is 1. The average molecular weight is 205 g/mol. The SMILES string of the molecule is CC1CCCN(c2cc(CN)ccn2)C1. The minimum atomic E-state index is 0.596. The van der Waals surface area contributed by atoms with Gasteiger partial charge in [0.05, 0.1) is 0 Å². The van der Waals surface area contributed by atoms with Crippen LogP contribution < -0.4 is 10.6 Å². The Morgan fingerprint density at radius 2 is 2.47 bits per heavy atom. The van der Waals surface area contributed by atoms with Crippen molar-refractivity contribution < 1.29 is 0 Å². The van der Waals surface area contributed by atoms with E-state index < -0.39 is 0 Å². The highest BCUT2D eigenvalue weighted by molar-refractivity contribution is 5.41. The zero-order valence-corrected chi connectivity index (χ0v) is 9.32. The molecule has 15 heavy (non-hydrogen) atoms. The third kappa shape index (κ3) is 2.48. The van der Waals surface area contributed by atoms with Crippen LogP contribution in [-0.2, 0) is 6.54 Å². The first-order chi connectivity index (χ1) is 7.29. The lowest BCUT2D eigenvalue weighted by Gasteiger charge is -2.32. The fourth-order valence-corrected chi connectivity index (χ4v) is 2.16. The van der Waals surface area contributed by atoms with Crippen molar-refractivity contribution in [2.24, 2.45) is 11.7 Å². The van der Waals surface area contributed by atoms with Crippen molar-refractivity contribution in [2.75, 3.05) is 18.0 Å². The number of nitrogens with two attached hydrogens (primary N) is 1. The van der Waals surface area contributed by atoms with E-state index in [2.05, 4.69) is 22.9 Å². The molecule has 0 radical (unpaired) electrons. The van der Waals surface area contributed by atoms with Crippen LogP contribution in [0.1, 0.15) is 25.3 Å². The third-order valence-electron chi connectivity index (χ3n) is 3.03. The van der Waals surface area contributed by atoms with Crippen molar-refractivity contribution >= 4 is 5.82 Å². The standard InChI is InChI=1S/C12H19N3/c1-10-3-2-6-15(9-10)12-7-11(8-13)4-5-14-12/h4-5,7,10H,2-3,6,8-9,13H2,1H3. The third-order valence-corrected chi connectivity index (χ3v) is 3.03. The maximum absolute atomic E-state index is 5.63. The molecule has 3 nitrogen and oxygen atoms in total. The van der Waals surface area contributed by atoms with Gasteiger partial charge in [0.25, 0.3) is 0 Å². The van der Waals surface area contributed by atoms with E-state index in [9.17, 15) is 0 Å². The first-order valence-corrected chi connectivity index (χ1v) is 5.69. The molecule has 0 amide bonds. The zero-order valence-electron chi connectivity index (χ0n) is 9.32. The van der Waals surface area contributed by atoms with Gasteiger partial charge in [0.15, 0.2) is 0 Å². The largest absolute Gasteiger partial charge is 0.356 e. The summed E-state index contributed by atoms with van der Waals surface area (Å²) < 4.78 is 0. The minimum absolute atomic E-state index is 0.596. The molecule has 3 heteroatoms. The maximum atomic E-state index is 5.63. The molecule has 0 bridgehead atoms. The van der Waals surface area contributed by atoms with Crippen LogP contribution >= 0.6 is 0 Å². The summed E-state index contributed by atoms with van der Waals surface area (Å²) in [5.74, 6) is 1.87. The second-order valence-corrected chi connectivity index (χ2v) is 4.42. The molecule has 2 rings (SSSR count). The van der Waals surface area contributed by atoms with Gasteiger partial charge in [0.2, 0.25) is 0 Å². The topological polar surface area (TPSA) is 42.1 Å². The van der Waals surface area contributed by atoms with E-state index in [1.54, 1.807) is 0 Å². The quantitative estimate of drug-likeness (QED) is 0.800. The van der Waals surface area contributed by atoms with Crippen LogP contribution in [0, 0.1) is 5.92 Å². The van der Waals surface area contributed by atoms with Crippen LogP contribution in [0.5, 0.6) is 0 Å². The van der Waals surface area contributed by atoms with E-state index in [1.807, 2.05) is 12.3 Å². The van der Waals surface area contributed by atoms with Crippen molar-refractivity contribution in [2.45, 2.75) is 26.3 Å². The van der Waals surface area contributed by atoms with Crippen molar-refractivity contribution in [3.05, 3.63) is 23.9 Å². The summed E-state index contributed by atoms with van der Waals surface area (Å²) in [6.07, 6.45) is 4.47. The van der Waals surface area contributed by atoms with Gasteiger partial charge in [-0.1, -0.05) is 6.92 Å². The number of rotatable bonds is 2. The number of hydrogen-bond acceptors (Lipinski definition) is 3. The summed E-state index contributed by atoms with van der Waals surface area (Å²) in [5.41, 5.74) is 6.79. The highest BCUT2D eigenvalue weighted by Crippen LogP contribution is 2.21. The molecule has 1 aromatic rings. The van der Waals surface area contributed by atoms with Crippen LogP contribution in [0.2, 0.25) is 0 Å². The summed E-state index contributed by atoms with van der Waals surface area (Å²) in [6, 6.07) is 4.09. The number of nitrogens with zero attached hydrogens (tertiary/aromatic N) is 2. The molecule has 1 aliphatic heterocycles. The number of anilines is 1. The summed E-state index contributed by atoms with van der Waals surface area (Å²) >= 11 is 0. The van der Waals surface area contributed by atoms with Gasteiger partial charge in [-0.3, -0.25) is 0 Å². The molecule has 0 aromatic carbocycles. The Morgan fingerprint density at radius 1 is 1.60 bits per heavy atom. The Hall–Kier alpha value is -1.09. The normalized spacial score (nSPS) is 21.7. The molecular weight excluding hydrogens is 186 g/mol. The Morgan fingerprint density at radius 3 is 3.20 bits per heavy atom. The Labute approximate surface area is 91.3 Å². The molecule has 0 aliphatic carbocycles. The molecule has 2 heterocycles. The molecule has 1 unspecified atom stereocenters. The van der Waals surface area contributed by atoms with Crippen LogP contribution in [0.4, 0.5) is 5.82 Å². The summed E-state index contributed by atoms with van der Waals surface area (Å²) in [5, 5.41) is 0. The van der Waals surface area contributed by atoms with Gasteiger partial charge in [-0.2, -0.15) is 0 Å². The van der Waals surface area contributed by atoms with Crippen molar-refractivity contribution in [1.29, 1.82) is 0 Å². The Kier molecular flexibility index (Phi) is 3.21. The molecule has 1 aromatic heterocycles. The van der Waals surface area contributed by atoms with E-state index in [4.69, 9.17) is 5.73 Å². The lowest BCUT2D eigenvalue weighted by Crippen LogP contribution is -2.34. The molecule has 0 spiro atoms. The number of hydrogen-bond donors (Lipinski definition) is 1.